The molecule has 1 unspecified atom stereocenters. The van der Waals surface area contributed by atoms with Gasteiger partial charge in [0.25, 0.3) is 0 Å². The molecule has 0 radical (unpaired) electrons. The molecule has 212 valence electrons. The molecule has 4 heteroatoms. The van der Waals surface area contributed by atoms with E-state index < -0.39 is 0 Å². The van der Waals surface area contributed by atoms with Gasteiger partial charge in [-0.25, -0.2) is 0 Å². The van der Waals surface area contributed by atoms with Crippen LogP contribution in [0, 0.1) is 0 Å². The standard InChI is InChI=1S/C41H26N2S2/c1-2-10-25(11-3-1)33-24-36-38(37-32-15-7-9-17-35(32)44-40(33)37)42-41(45-36)27-18-21-28(22-19-27)43-34-16-8-6-14-30(34)31-23-20-26-12-4-5-13-29(26)39(31)43/h1-24,41-42H. The Balaban J connectivity index is 1.10. The van der Waals surface area contributed by atoms with Crippen LogP contribution in [-0.2, 0) is 0 Å². The number of fused-ring (bicyclic) bond motifs is 10. The molecule has 2 nitrogen and oxygen atoms in total. The van der Waals surface area contributed by atoms with Crippen LogP contribution >= 0.6 is 23.1 Å². The van der Waals surface area contributed by atoms with E-state index in [0.29, 0.717) is 0 Å². The molecular weight excluding hydrogens is 585 g/mol. The highest BCUT2D eigenvalue weighted by atomic mass is 32.2. The first-order chi connectivity index (χ1) is 22.3. The molecule has 10 rings (SSSR count). The third-order valence-corrected chi connectivity index (χ3v) is 11.6. The Morgan fingerprint density at radius 1 is 0.600 bits per heavy atom. The van der Waals surface area contributed by atoms with Gasteiger partial charge in [-0.3, -0.25) is 0 Å². The number of para-hydroxylation sites is 1. The van der Waals surface area contributed by atoms with Crippen molar-refractivity contribution in [3.05, 3.63) is 151 Å². The molecule has 2 aromatic heterocycles. The summed E-state index contributed by atoms with van der Waals surface area (Å²) in [6, 6.07) is 53.2. The molecule has 0 saturated heterocycles. The summed E-state index contributed by atoms with van der Waals surface area (Å²) in [6.07, 6.45) is 0. The van der Waals surface area contributed by atoms with Crippen molar-refractivity contribution in [1.29, 1.82) is 0 Å². The molecule has 7 aromatic carbocycles. The first kappa shape index (κ1) is 25.3. The van der Waals surface area contributed by atoms with E-state index in [9.17, 15) is 0 Å². The van der Waals surface area contributed by atoms with Gasteiger partial charge in [0, 0.05) is 52.5 Å². The van der Waals surface area contributed by atoms with Crippen molar-refractivity contribution in [2.24, 2.45) is 0 Å². The van der Waals surface area contributed by atoms with Crippen molar-refractivity contribution in [3.8, 4) is 16.8 Å². The summed E-state index contributed by atoms with van der Waals surface area (Å²) in [7, 11) is 0. The Hall–Kier alpha value is -5.03. The van der Waals surface area contributed by atoms with Crippen molar-refractivity contribution in [1.82, 2.24) is 4.57 Å². The minimum Gasteiger partial charge on any atom is -0.368 e. The zero-order chi connectivity index (χ0) is 29.5. The molecule has 9 aromatic rings. The molecule has 0 bridgehead atoms. The van der Waals surface area contributed by atoms with Gasteiger partial charge < -0.3 is 9.88 Å². The van der Waals surface area contributed by atoms with Crippen LogP contribution in [0.5, 0.6) is 0 Å². The predicted molar refractivity (Wildman–Crippen MR) is 195 cm³/mol. The number of rotatable bonds is 3. The lowest BCUT2D eigenvalue weighted by atomic mass is 10.0. The molecule has 0 fully saturated rings. The SMILES string of the molecule is c1ccc(-c2cc3c(c4c2sc2ccccc24)NC(c2ccc(-n4c5ccccc5c5ccc6ccccc6c54)cc2)S3)cc1. The lowest BCUT2D eigenvalue weighted by Gasteiger charge is -2.14. The van der Waals surface area contributed by atoms with Crippen molar-refractivity contribution in [2.75, 3.05) is 5.32 Å². The van der Waals surface area contributed by atoms with Gasteiger partial charge in [-0.2, -0.15) is 0 Å². The van der Waals surface area contributed by atoms with Crippen LogP contribution in [0.3, 0.4) is 0 Å². The van der Waals surface area contributed by atoms with Crippen LogP contribution < -0.4 is 5.32 Å². The fourth-order valence-corrected chi connectivity index (χ4v) is 9.62. The number of aromatic nitrogens is 1. The van der Waals surface area contributed by atoms with Gasteiger partial charge in [-0.1, -0.05) is 127 Å². The minimum absolute atomic E-state index is 0.140. The van der Waals surface area contributed by atoms with Gasteiger partial charge >= 0.3 is 0 Å². The number of anilines is 1. The molecular formula is C41H26N2S2. The lowest BCUT2D eigenvalue weighted by Crippen LogP contribution is -2.02. The summed E-state index contributed by atoms with van der Waals surface area (Å²) < 4.78 is 5.12. The molecule has 1 atom stereocenters. The molecule has 1 N–H and O–H groups in total. The number of thiophene rings is 1. The Labute approximate surface area is 268 Å². The van der Waals surface area contributed by atoms with E-state index in [1.54, 1.807) is 0 Å². The number of hydrogen-bond donors (Lipinski definition) is 1. The van der Waals surface area contributed by atoms with Crippen molar-refractivity contribution in [2.45, 2.75) is 10.3 Å². The van der Waals surface area contributed by atoms with E-state index in [2.05, 4.69) is 155 Å². The monoisotopic (exact) mass is 610 g/mol. The summed E-state index contributed by atoms with van der Waals surface area (Å²) in [5.74, 6) is 0. The highest BCUT2D eigenvalue weighted by molar-refractivity contribution is 8.00. The van der Waals surface area contributed by atoms with E-state index in [1.807, 2.05) is 23.1 Å². The zero-order valence-corrected chi connectivity index (χ0v) is 25.8. The molecule has 3 heterocycles. The molecule has 1 aliphatic heterocycles. The highest BCUT2D eigenvalue weighted by Crippen LogP contribution is 2.55. The summed E-state index contributed by atoms with van der Waals surface area (Å²) >= 11 is 3.82. The maximum atomic E-state index is 3.95. The quantitative estimate of drug-likeness (QED) is 0.214. The number of hydrogen-bond acceptors (Lipinski definition) is 3. The Bertz CT molecular complexity index is 2590. The largest absolute Gasteiger partial charge is 0.368 e. The average Bonchev–Trinajstić information content (AvgIpc) is 3.80. The summed E-state index contributed by atoms with van der Waals surface area (Å²) in [4.78, 5) is 1.31. The van der Waals surface area contributed by atoms with E-state index in [1.165, 1.54) is 85.7 Å². The first-order valence-electron chi connectivity index (χ1n) is 15.3. The van der Waals surface area contributed by atoms with E-state index in [-0.39, 0.29) is 5.37 Å². The molecule has 1 aliphatic rings. The fraction of sp³-hybridized carbons (Fsp3) is 0.0244. The van der Waals surface area contributed by atoms with E-state index in [4.69, 9.17) is 0 Å². The second-order valence-corrected chi connectivity index (χ2v) is 13.9. The van der Waals surface area contributed by atoms with Crippen molar-refractivity contribution >= 4 is 81.5 Å². The zero-order valence-electron chi connectivity index (χ0n) is 24.2. The van der Waals surface area contributed by atoms with Gasteiger partial charge in [0.1, 0.15) is 5.37 Å². The number of thioether (sulfide) groups is 1. The van der Waals surface area contributed by atoms with Crippen LogP contribution in [0.2, 0.25) is 0 Å². The summed E-state index contributed by atoms with van der Waals surface area (Å²) in [5, 5.41) is 11.9. The van der Waals surface area contributed by atoms with Crippen molar-refractivity contribution < 1.29 is 0 Å². The summed E-state index contributed by atoms with van der Waals surface area (Å²) in [5.41, 5.74) is 8.80. The van der Waals surface area contributed by atoms with Crippen LogP contribution in [0.15, 0.2) is 150 Å². The predicted octanol–water partition coefficient (Wildman–Crippen LogP) is 12.2. The van der Waals surface area contributed by atoms with E-state index >= 15 is 0 Å². The number of benzene rings is 7. The molecule has 0 spiro atoms. The fourth-order valence-electron chi connectivity index (χ4n) is 7.18. The lowest BCUT2D eigenvalue weighted by molar-refractivity contribution is 1.12. The topological polar surface area (TPSA) is 17.0 Å². The van der Waals surface area contributed by atoms with Gasteiger partial charge in [0.15, 0.2) is 0 Å². The van der Waals surface area contributed by atoms with Gasteiger partial charge in [-0.05, 0) is 46.8 Å². The highest BCUT2D eigenvalue weighted by Gasteiger charge is 2.28. The van der Waals surface area contributed by atoms with Crippen LogP contribution in [0.25, 0.3) is 69.6 Å². The maximum absolute atomic E-state index is 3.95. The Kier molecular flexibility index (Phi) is 5.48. The number of nitrogens with one attached hydrogen (secondary N) is 1. The molecule has 0 saturated carbocycles. The third kappa shape index (κ3) is 3.76. The molecule has 0 amide bonds. The Morgan fingerprint density at radius 2 is 1.33 bits per heavy atom. The van der Waals surface area contributed by atoms with Crippen LogP contribution in [-0.4, -0.2) is 4.57 Å². The minimum atomic E-state index is 0.140. The van der Waals surface area contributed by atoms with Gasteiger partial charge in [-0.15, -0.1) is 11.3 Å². The number of nitrogens with zero attached hydrogens (tertiary/aromatic N) is 1. The molecule has 0 aliphatic carbocycles. The first-order valence-corrected chi connectivity index (χ1v) is 17.0. The second-order valence-electron chi connectivity index (χ2n) is 11.7. The second kappa shape index (κ2) is 9.73. The molecule has 45 heavy (non-hydrogen) atoms. The third-order valence-electron chi connectivity index (χ3n) is 9.23. The Morgan fingerprint density at radius 3 is 2.20 bits per heavy atom. The summed E-state index contributed by atoms with van der Waals surface area (Å²) in [6.45, 7) is 0. The van der Waals surface area contributed by atoms with E-state index in [0.717, 1.165) is 0 Å². The maximum Gasteiger partial charge on any atom is 0.103 e. The van der Waals surface area contributed by atoms with Crippen LogP contribution in [0.4, 0.5) is 5.69 Å². The average molecular weight is 611 g/mol. The smallest absolute Gasteiger partial charge is 0.103 e. The van der Waals surface area contributed by atoms with Crippen molar-refractivity contribution in [3.63, 3.8) is 0 Å². The van der Waals surface area contributed by atoms with Gasteiger partial charge in [0.05, 0.1) is 16.7 Å². The van der Waals surface area contributed by atoms with Crippen LogP contribution in [0.1, 0.15) is 10.9 Å². The van der Waals surface area contributed by atoms with Gasteiger partial charge in [0.2, 0.25) is 0 Å². The normalized spacial score (nSPS) is 14.5.